The van der Waals surface area contributed by atoms with Gasteiger partial charge in [-0.2, -0.15) is 5.10 Å². The Morgan fingerprint density at radius 1 is 1.16 bits per heavy atom. The molecule has 3 N–H and O–H groups in total. The molecule has 0 radical (unpaired) electrons. The van der Waals surface area contributed by atoms with E-state index in [1.165, 1.54) is 10.2 Å². The smallest absolute Gasteiger partial charge is 0.270 e. The van der Waals surface area contributed by atoms with Gasteiger partial charge in [0, 0.05) is 50.8 Å². The second-order valence-electron chi connectivity index (χ2n) is 9.69. The first kappa shape index (κ1) is 24.7. The van der Waals surface area contributed by atoms with Crippen molar-refractivity contribution in [3.63, 3.8) is 0 Å². The highest BCUT2D eigenvalue weighted by Gasteiger charge is 2.39. The van der Waals surface area contributed by atoms with Gasteiger partial charge in [-0.15, -0.1) is 0 Å². The molecule has 1 aliphatic carbocycles. The molecule has 2 atom stereocenters. The van der Waals surface area contributed by atoms with Crippen LogP contribution in [0.3, 0.4) is 0 Å². The molecule has 9 nitrogen and oxygen atoms in total. The third-order valence-electron chi connectivity index (χ3n) is 7.62. The number of hydrogen-bond acceptors (Lipinski definition) is 6. The molecular formula is C28H31N5O4. The standard InChI is InChI=1S/C28H31N5O4/c1-29-23-16-19(7-8-22(23)28(17-34)10-13-37-14-11-28)31-27(36)25(21-15-18-5-3-4-6-20(18)21)32-26(35)24-9-12-30-33(24)2/h3-9,12,16-17,21,25,29H,10-11,13-15H2,1-2H3,(H,31,36)(H,32,35). The Hall–Kier alpha value is -3.98. The minimum atomic E-state index is -0.771. The highest BCUT2D eigenvalue weighted by Crippen LogP contribution is 2.40. The van der Waals surface area contributed by atoms with E-state index in [0.717, 1.165) is 23.1 Å². The van der Waals surface area contributed by atoms with E-state index >= 15 is 0 Å². The minimum absolute atomic E-state index is 0.142. The summed E-state index contributed by atoms with van der Waals surface area (Å²) in [5.74, 6) is -0.804. The maximum Gasteiger partial charge on any atom is 0.270 e. The molecule has 0 spiro atoms. The SMILES string of the molecule is CNc1cc(NC(=O)C(NC(=O)c2ccnn2C)C2Cc3ccccc32)ccc1C1(C=O)CCOCC1. The average molecular weight is 502 g/mol. The third-order valence-corrected chi connectivity index (χ3v) is 7.62. The van der Waals surface area contributed by atoms with E-state index in [2.05, 4.69) is 21.0 Å². The second kappa shape index (κ2) is 10.2. The van der Waals surface area contributed by atoms with Gasteiger partial charge in [0.15, 0.2) is 0 Å². The van der Waals surface area contributed by atoms with Crippen molar-refractivity contribution in [2.75, 3.05) is 30.9 Å². The number of anilines is 2. The van der Waals surface area contributed by atoms with E-state index in [0.29, 0.717) is 43.9 Å². The van der Waals surface area contributed by atoms with Crippen LogP contribution in [0.25, 0.3) is 0 Å². The molecule has 2 aromatic carbocycles. The first-order chi connectivity index (χ1) is 18.0. The molecule has 37 heavy (non-hydrogen) atoms. The van der Waals surface area contributed by atoms with Crippen molar-refractivity contribution in [1.29, 1.82) is 0 Å². The van der Waals surface area contributed by atoms with Crippen LogP contribution in [-0.4, -0.2) is 54.2 Å². The molecular weight excluding hydrogens is 470 g/mol. The molecule has 2 heterocycles. The van der Waals surface area contributed by atoms with Gasteiger partial charge < -0.3 is 25.5 Å². The monoisotopic (exact) mass is 501 g/mol. The summed E-state index contributed by atoms with van der Waals surface area (Å²) in [5.41, 5.74) is 4.25. The summed E-state index contributed by atoms with van der Waals surface area (Å²) in [7, 11) is 3.48. The van der Waals surface area contributed by atoms with Crippen LogP contribution in [0, 0.1) is 0 Å². The lowest BCUT2D eigenvalue weighted by molar-refractivity contribution is -0.118. The summed E-state index contributed by atoms with van der Waals surface area (Å²) in [6, 6.07) is 14.4. The number of hydrogen-bond donors (Lipinski definition) is 3. The number of carbonyl (C=O) groups is 3. The summed E-state index contributed by atoms with van der Waals surface area (Å²) >= 11 is 0. The molecule has 1 aromatic heterocycles. The molecule has 1 fully saturated rings. The van der Waals surface area contributed by atoms with E-state index < -0.39 is 11.5 Å². The molecule has 2 amide bonds. The van der Waals surface area contributed by atoms with Crippen molar-refractivity contribution in [3.8, 4) is 0 Å². The predicted octanol–water partition coefficient (Wildman–Crippen LogP) is 2.79. The van der Waals surface area contributed by atoms with Gasteiger partial charge in [0.2, 0.25) is 5.91 Å². The quantitative estimate of drug-likeness (QED) is 0.409. The van der Waals surface area contributed by atoms with Crippen LogP contribution >= 0.6 is 0 Å². The third kappa shape index (κ3) is 4.62. The Bertz CT molecular complexity index is 1330. The number of benzene rings is 2. The molecule has 192 valence electrons. The van der Waals surface area contributed by atoms with Crippen molar-refractivity contribution >= 4 is 29.5 Å². The predicted molar refractivity (Wildman–Crippen MR) is 140 cm³/mol. The Kier molecular flexibility index (Phi) is 6.80. The van der Waals surface area contributed by atoms with E-state index in [9.17, 15) is 14.4 Å². The zero-order valence-corrected chi connectivity index (χ0v) is 21.0. The number of fused-ring (bicyclic) bond motifs is 1. The molecule has 1 saturated heterocycles. The largest absolute Gasteiger partial charge is 0.388 e. The van der Waals surface area contributed by atoms with Gasteiger partial charge in [-0.1, -0.05) is 30.3 Å². The van der Waals surface area contributed by atoms with Crippen LogP contribution in [0.1, 0.15) is 45.9 Å². The highest BCUT2D eigenvalue weighted by molar-refractivity contribution is 6.01. The lowest BCUT2D eigenvalue weighted by atomic mass is 9.73. The number of carbonyl (C=O) groups excluding carboxylic acids is 3. The summed E-state index contributed by atoms with van der Waals surface area (Å²) in [5, 5.41) is 13.2. The van der Waals surface area contributed by atoms with E-state index in [-0.39, 0.29) is 17.7 Å². The van der Waals surface area contributed by atoms with Crippen LogP contribution in [0.4, 0.5) is 11.4 Å². The van der Waals surface area contributed by atoms with E-state index in [1.807, 2.05) is 42.5 Å². The fraction of sp³-hybridized carbons (Fsp3) is 0.357. The van der Waals surface area contributed by atoms with Crippen LogP contribution in [0.15, 0.2) is 54.7 Å². The number of aromatic nitrogens is 2. The Morgan fingerprint density at radius 3 is 2.62 bits per heavy atom. The van der Waals surface area contributed by atoms with Gasteiger partial charge in [0.05, 0.1) is 5.41 Å². The number of amides is 2. The van der Waals surface area contributed by atoms with Gasteiger partial charge in [0.25, 0.3) is 5.91 Å². The molecule has 0 bridgehead atoms. The molecule has 3 aromatic rings. The number of nitrogens with one attached hydrogen (secondary N) is 3. The van der Waals surface area contributed by atoms with Gasteiger partial charge in [-0.25, -0.2) is 0 Å². The summed E-state index contributed by atoms with van der Waals surface area (Å²) in [4.78, 5) is 38.8. The second-order valence-corrected chi connectivity index (χ2v) is 9.69. The minimum Gasteiger partial charge on any atom is -0.388 e. The van der Waals surface area contributed by atoms with Gasteiger partial charge in [-0.3, -0.25) is 14.3 Å². The number of ether oxygens (including phenoxy) is 1. The number of aryl methyl sites for hydroxylation is 1. The number of rotatable bonds is 8. The normalized spacial score (nSPS) is 18.6. The van der Waals surface area contributed by atoms with Crippen molar-refractivity contribution < 1.29 is 19.1 Å². The van der Waals surface area contributed by atoms with Gasteiger partial charge in [-0.05, 0) is 54.2 Å². The maximum absolute atomic E-state index is 13.6. The van der Waals surface area contributed by atoms with Crippen molar-refractivity contribution in [1.82, 2.24) is 15.1 Å². The zero-order chi connectivity index (χ0) is 26.0. The van der Waals surface area contributed by atoms with Crippen LogP contribution in [-0.2, 0) is 33.2 Å². The summed E-state index contributed by atoms with van der Waals surface area (Å²) in [6.07, 6.45) is 4.49. The Labute approximate surface area is 215 Å². The number of nitrogens with zero attached hydrogens (tertiary/aromatic N) is 2. The fourth-order valence-electron chi connectivity index (χ4n) is 5.43. The lowest BCUT2D eigenvalue weighted by Gasteiger charge is -2.36. The van der Waals surface area contributed by atoms with E-state index in [1.54, 1.807) is 26.4 Å². The van der Waals surface area contributed by atoms with Gasteiger partial charge >= 0.3 is 0 Å². The molecule has 1 aliphatic heterocycles. The van der Waals surface area contributed by atoms with Crippen LogP contribution in [0.5, 0.6) is 0 Å². The molecule has 9 heteroatoms. The summed E-state index contributed by atoms with van der Waals surface area (Å²) < 4.78 is 6.96. The molecule has 2 aliphatic rings. The maximum atomic E-state index is 13.6. The Balaban J connectivity index is 1.40. The van der Waals surface area contributed by atoms with Gasteiger partial charge in [0.1, 0.15) is 18.0 Å². The van der Waals surface area contributed by atoms with Crippen LogP contribution < -0.4 is 16.0 Å². The first-order valence-electron chi connectivity index (χ1n) is 12.5. The lowest BCUT2D eigenvalue weighted by Crippen LogP contribution is -2.50. The zero-order valence-electron chi connectivity index (χ0n) is 21.0. The topological polar surface area (TPSA) is 114 Å². The molecule has 0 saturated carbocycles. The van der Waals surface area contributed by atoms with Crippen LogP contribution in [0.2, 0.25) is 0 Å². The van der Waals surface area contributed by atoms with E-state index in [4.69, 9.17) is 4.74 Å². The molecule has 5 rings (SSSR count). The average Bonchev–Trinajstić information content (AvgIpc) is 3.34. The van der Waals surface area contributed by atoms with Crippen molar-refractivity contribution in [2.24, 2.45) is 7.05 Å². The summed E-state index contributed by atoms with van der Waals surface area (Å²) in [6.45, 7) is 1.06. The van der Waals surface area contributed by atoms with Crippen molar-refractivity contribution in [2.45, 2.75) is 36.6 Å². The first-order valence-corrected chi connectivity index (χ1v) is 12.5. The van der Waals surface area contributed by atoms with Crippen molar-refractivity contribution in [3.05, 3.63) is 77.1 Å². The highest BCUT2D eigenvalue weighted by atomic mass is 16.5. The fourth-order valence-corrected chi connectivity index (χ4v) is 5.43. The molecule has 2 unspecified atom stereocenters. The Morgan fingerprint density at radius 2 is 1.95 bits per heavy atom. The number of aldehydes is 1.